The quantitative estimate of drug-likeness (QED) is 0.558. The van der Waals surface area contributed by atoms with Crippen LogP contribution in [-0.4, -0.2) is 62.8 Å². The van der Waals surface area contributed by atoms with E-state index in [9.17, 15) is 5.11 Å². The first-order valence-corrected chi connectivity index (χ1v) is 15.7. The lowest BCUT2D eigenvalue weighted by molar-refractivity contribution is -0.170. The highest BCUT2D eigenvalue weighted by Crippen LogP contribution is 2.78. The molecule has 5 unspecified atom stereocenters. The Morgan fingerprint density at radius 2 is 1.91 bits per heavy atom. The van der Waals surface area contributed by atoms with E-state index in [1.165, 1.54) is 5.56 Å². The number of aliphatic hydroxyl groups is 1. The molecule has 4 rings (SSSR count). The molecule has 1 N–H and O–H groups in total. The number of fused-ring (bicyclic) bond motifs is 1. The third-order valence-electron chi connectivity index (χ3n) is 8.83. The van der Waals surface area contributed by atoms with E-state index in [1.54, 1.807) is 0 Å². The summed E-state index contributed by atoms with van der Waals surface area (Å²) in [6.45, 7) is 17.2. The number of nitrogens with zero attached hydrogens (tertiary/aromatic N) is 1. The van der Waals surface area contributed by atoms with Crippen molar-refractivity contribution in [2.24, 2.45) is 16.7 Å². The fourth-order valence-electron chi connectivity index (χ4n) is 6.99. The zero-order valence-corrected chi connectivity index (χ0v) is 22.8. The van der Waals surface area contributed by atoms with Crippen molar-refractivity contribution in [1.82, 2.24) is 4.90 Å². The average molecular weight is 476 g/mol. The molecule has 1 saturated carbocycles. The van der Waals surface area contributed by atoms with E-state index in [2.05, 4.69) is 76.0 Å². The van der Waals surface area contributed by atoms with Crippen LogP contribution < -0.4 is 0 Å². The van der Waals surface area contributed by atoms with Crippen molar-refractivity contribution in [3.8, 4) is 0 Å². The van der Waals surface area contributed by atoms with Crippen LogP contribution in [0, 0.1) is 16.7 Å². The van der Waals surface area contributed by atoms with Crippen LogP contribution in [0.5, 0.6) is 0 Å². The van der Waals surface area contributed by atoms with Gasteiger partial charge in [0.15, 0.2) is 15.3 Å². The van der Waals surface area contributed by atoms with Gasteiger partial charge in [0.25, 0.3) is 0 Å². The van der Waals surface area contributed by atoms with Crippen molar-refractivity contribution >= 4 is 9.04 Å². The molecular formula is C27H45NO4Si. The topological polar surface area (TPSA) is 51.2 Å². The van der Waals surface area contributed by atoms with Gasteiger partial charge in [-0.1, -0.05) is 51.1 Å². The predicted octanol–water partition coefficient (Wildman–Crippen LogP) is 4.59. The molecule has 33 heavy (non-hydrogen) atoms. The van der Waals surface area contributed by atoms with E-state index in [1.807, 2.05) is 0 Å². The summed E-state index contributed by atoms with van der Waals surface area (Å²) in [5, 5.41) is 12.7. The summed E-state index contributed by atoms with van der Waals surface area (Å²) in [6.07, 6.45) is 4.05. The van der Waals surface area contributed by atoms with Crippen molar-refractivity contribution < 1.29 is 19.0 Å². The zero-order valence-electron chi connectivity index (χ0n) is 21.6. The summed E-state index contributed by atoms with van der Waals surface area (Å²) in [4.78, 5) is 2.49. The van der Waals surface area contributed by atoms with E-state index >= 15 is 0 Å². The molecule has 5 atom stereocenters. The molecule has 0 radical (unpaired) electrons. The third-order valence-corrected chi connectivity index (χ3v) is 9.66. The van der Waals surface area contributed by atoms with Crippen molar-refractivity contribution in [3.05, 3.63) is 35.9 Å². The lowest BCUT2D eigenvalue weighted by Crippen LogP contribution is -2.66. The Labute approximate surface area is 202 Å². The molecule has 2 aliphatic heterocycles. The Morgan fingerprint density at radius 3 is 2.52 bits per heavy atom. The second-order valence-electron chi connectivity index (χ2n) is 12.0. The average Bonchev–Trinajstić information content (AvgIpc) is 3.36. The van der Waals surface area contributed by atoms with Crippen LogP contribution >= 0.6 is 0 Å². The fraction of sp³-hybridized carbons (Fsp3) is 0.778. The number of piperidine rings is 1. The lowest BCUT2D eigenvalue weighted by atomic mass is 9.66. The van der Waals surface area contributed by atoms with Gasteiger partial charge in [-0.3, -0.25) is 4.90 Å². The maximum Gasteiger partial charge on any atom is 0.170 e. The van der Waals surface area contributed by atoms with Crippen LogP contribution in [-0.2, 0) is 20.4 Å². The summed E-state index contributed by atoms with van der Waals surface area (Å²) in [7, 11) is -1.25. The van der Waals surface area contributed by atoms with E-state index in [0.717, 1.165) is 45.4 Å². The van der Waals surface area contributed by atoms with Crippen molar-refractivity contribution in [3.63, 3.8) is 0 Å². The van der Waals surface area contributed by atoms with Crippen molar-refractivity contribution in [1.29, 1.82) is 0 Å². The van der Waals surface area contributed by atoms with Crippen LogP contribution in [0.2, 0.25) is 13.1 Å². The molecule has 2 saturated heterocycles. The first-order valence-electron chi connectivity index (χ1n) is 12.9. The van der Waals surface area contributed by atoms with Gasteiger partial charge in [0, 0.05) is 24.5 Å². The molecule has 2 heterocycles. The van der Waals surface area contributed by atoms with E-state index < -0.39 is 20.2 Å². The molecule has 6 heteroatoms. The monoisotopic (exact) mass is 475 g/mol. The van der Waals surface area contributed by atoms with Crippen LogP contribution in [0.15, 0.2) is 30.3 Å². The minimum atomic E-state index is -1.25. The second-order valence-corrected chi connectivity index (χ2v) is 14.4. The summed E-state index contributed by atoms with van der Waals surface area (Å²) in [5.74, 6) is 0.0683. The molecule has 1 aliphatic carbocycles. The number of ether oxygens (including phenoxy) is 2. The second kappa shape index (κ2) is 9.36. The van der Waals surface area contributed by atoms with E-state index in [4.69, 9.17) is 13.9 Å². The first-order chi connectivity index (χ1) is 15.6. The van der Waals surface area contributed by atoms with Gasteiger partial charge in [-0.05, 0) is 63.2 Å². The highest BCUT2D eigenvalue weighted by atomic mass is 28.3. The highest BCUT2D eigenvalue weighted by molar-refractivity contribution is 6.48. The normalized spacial score (nSPS) is 37.2. The Bertz CT molecular complexity index is 793. The largest absolute Gasteiger partial charge is 0.419 e. The number of hydrogen-bond donors (Lipinski definition) is 1. The summed E-state index contributed by atoms with van der Waals surface area (Å²) >= 11 is 0. The molecule has 3 fully saturated rings. The number of rotatable bonds is 8. The van der Waals surface area contributed by atoms with E-state index in [-0.39, 0.29) is 23.0 Å². The maximum absolute atomic E-state index is 12.7. The van der Waals surface area contributed by atoms with Crippen LogP contribution in [0.3, 0.4) is 0 Å². The van der Waals surface area contributed by atoms with Gasteiger partial charge < -0.3 is 19.0 Å². The van der Waals surface area contributed by atoms with Gasteiger partial charge in [-0.25, -0.2) is 0 Å². The fourth-order valence-corrected chi connectivity index (χ4v) is 7.64. The molecule has 0 bridgehead atoms. The number of hydrogen-bond acceptors (Lipinski definition) is 5. The number of likely N-dealkylation sites (tertiary alicyclic amines) is 1. The molecule has 5 nitrogen and oxygen atoms in total. The zero-order chi connectivity index (χ0) is 23.9. The van der Waals surface area contributed by atoms with Gasteiger partial charge in [-0.2, -0.15) is 0 Å². The molecule has 0 amide bonds. The lowest BCUT2D eigenvalue weighted by Gasteiger charge is -2.53. The molecule has 1 aromatic carbocycles. The van der Waals surface area contributed by atoms with Gasteiger partial charge in [0.05, 0.1) is 24.4 Å². The Kier molecular flexibility index (Phi) is 7.19. The maximum atomic E-state index is 12.7. The molecule has 3 aliphatic rings. The summed E-state index contributed by atoms with van der Waals surface area (Å²) < 4.78 is 18.6. The van der Waals surface area contributed by atoms with Crippen LogP contribution in [0.25, 0.3) is 0 Å². The van der Waals surface area contributed by atoms with Gasteiger partial charge in [0.1, 0.15) is 0 Å². The van der Waals surface area contributed by atoms with E-state index in [0.29, 0.717) is 13.2 Å². The van der Waals surface area contributed by atoms with Gasteiger partial charge in [0.2, 0.25) is 0 Å². The predicted molar refractivity (Wildman–Crippen MR) is 135 cm³/mol. The smallest absolute Gasteiger partial charge is 0.170 e. The first kappa shape index (κ1) is 25.3. The van der Waals surface area contributed by atoms with Crippen molar-refractivity contribution in [2.45, 2.75) is 90.4 Å². The Balaban J connectivity index is 1.64. The minimum Gasteiger partial charge on any atom is -0.419 e. The van der Waals surface area contributed by atoms with Crippen LogP contribution in [0.4, 0.5) is 0 Å². The standard InChI is InChI=1S/C27H45NO4Si/c1-24(2,3)26-15-16-28(18-21-12-8-7-9-13-21)25(4,20-32-33(5)6)27(26,29)22(26)19-31-23-14-10-11-17-30-23/h7-9,12-13,22-23,29,33H,10-11,14-20H2,1-6H3. The van der Waals surface area contributed by atoms with Gasteiger partial charge in [-0.15, -0.1) is 0 Å². The van der Waals surface area contributed by atoms with Crippen molar-refractivity contribution in [2.75, 3.05) is 26.4 Å². The Hall–Kier alpha value is -0.763. The molecule has 1 aromatic rings. The minimum absolute atomic E-state index is 0.0431. The molecule has 0 spiro atoms. The molecule has 0 aromatic heterocycles. The molecule has 186 valence electrons. The Morgan fingerprint density at radius 1 is 1.18 bits per heavy atom. The molecular weight excluding hydrogens is 430 g/mol. The summed E-state index contributed by atoms with van der Waals surface area (Å²) in [6, 6.07) is 10.6. The SMILES string of the molecule is C[SiH](C)OCC1(C)N(Cc2ccccc2)CCC2(C(C)(C)C)C(COC3CCCCO3)C12O. The highest BCUT2D eigenvalue weighted by Gasteiger charge is 2.87. The van der Waals surface area contributed by atoms with Crippen LogP contribution in [0.1, 0.15) is 58.9 Å². The van der Waals surface area contributed by atoms with Gasteiger partial charge >= 0.3 is 0 Å². The third kappa shape index (κ3) is 4.25. The summed E-state index contributed by atoms with van der Waals surface area (Å²) in [5.41, 5.74) is -0.311. The number of benzene rings is 1.